The van der Waals surface area contributed by atoms with Gasteiger partial charge < -0.3 is 0 Å². The molecule has 0 spiro atoms. The van der Waals surface area contributed by atoms with Crippen molar-refractivity contribution in [2.24, 2.45) is 0 Å². The van der Waals surface area contributed by atoms with Gasteiger partial charge in [0, 0.05) is 22.3 Å². The van der Waals surface area contributed by atoms with Gasteiger partial charge in [0.15, 0.2) is 0 Å². The standard InChI is InChI=1S/C19H16BrN/c20-12-16-18(13-6-2-1-3-7-13)15-8-4-5-9-17(15)21-19(16)14-10-11-14/h1-9,14H,10-12H2. The normalized spacial score (nSPS) is 14.5. The fourth-order valence-corrected chi connectivity index (χ4v) is 3.60. The Morgan fingerprint density at radius 1 is 0.952 bits per heavy atom. The van der Waals surface area contributed by atoms with Crippen molar-refractivity contribution in [3.63, 3.8) is 0 Å². The van der Waals surface area contributed by atoms with Gasteiger partial charge in [0.1, 0.15) is 0 Å². The van der Waals surface area contributed by atoms with Crippen LogP contribution in [0.15, 0.2) is 54.6 Å². The highest BCUT2D eigenvalue weighted by molar-refractivity contribution is 9.08. The predicted molar refractivity (Wildman–Crippen MR) is 91.8 cm³/mol. The highest BCUT2D eigenvalue weighted by atomic mass is 79.9. The molecule has 0 bridgehead atoms. The van der Waals surface area contributed by atoms with Crippen molar-refractivity contribution in [1.82, 2.24) is 4.98 Å². The number of pyridine rings is 1. The molecule has 1 nitrogen and oxygen atoms in total. The van der Waals surface area contributed by atoms with Gasteiger partial charge >= 0.3 is 0 Å². The van der Waals surface area contributed by atoms with Crippen LogP contribution in [0.1, 0.15) is 30.0 Å². The Hall–Kier alpha value is -1.67. The number of nitrogens with zero attached hydrogens (tertiary/aromatic N) is 1. The van der Waals surface area contributed by atoms with Crippen LogP contribution in [-0.2, 0) is 5.33 Å². The molecule has 2 heteroatoms. The molecule has 1 aliphatic carbocycles. The number of rotatable bonds is 3. The summed E-state index contributed by atoms with van der Waals surface area (Å²) < 4.78 is 0. The maximum absolute atomic E-state index is 4.96. The summed E-state index contributed by atoms with van der Waals surface area (Å²) in [6, 6.07) is 19.2. The fraction of sp³-hybridized carbons (Fsp3) is 0.211. The Morgan fingerprint density at radius 2 is 1.67 bits per heavy atom. The molecule has 2 aromatic carbocycles. The van der Waals surface area contributed by atoms with Crippen LogP contribution in [0.2, 0.25) is 0 Å². The van der Waals surface area contributed by atoms with E-state index in [1.165, 1.54) is 40.6 Å². The third kappa shape index (κ3) is 2.28. The first-order chi connectivity index (χ1) is 10.4. The summed E-state index contributed by atoms with van der Waals surface area (Å²) in [6.07, 6.45) is 2.55. The van der Waals surface area contributed by atoms with Crippen molar-refractivity contribution in [2.45, 2.75) is 24.1 Å². The predicted octanol–water partition coefficient (Wildman–Crippen LogP) is 5.67. The molecule has 0 amide bonds. The Kier molecular flexibility index (Phi) is 3.27. The van der Waals surface area contributed by atoms with Crippen molar-refractivity contribution in [3.8, 4) is 11.1 Å². The first kappa shape index (κ1) is 13.0. The molecule has 1 heterocycles. The van der Waals surface area contributed by atoms with E-state index in [0.717, 1.165) is 10.8 Å². The lowest BCUT2D eigenvalue weighted by molar-refractivity contribution is 1.01. The Balaban J connectivity index is 2.10. The number of para-hydroxylation sites is 1. The second kappa shape index (κ2) is 5.27. The average molecular weight is 338 g/mol. The van der Waals surface area contributed by atoms with Gasteiger partial charge in [0.2, 0.25) is 0 Å². The highest BCUT2D eigenvalue weighted by Crippen LogP contribution is 2.45. The molecule has 0 N–H and O–H groups in total. The third-order valence-electron chi connectivity index (χ3n) is 4.19. The number of halogens is 1. The number of hydrogen-bond acceptors (Lipinski definition) is 1. The lowest BCUT2D eigenvalue weighted by atomic mass is 9.94. The molecule has 1 aromatic heterocycles. The van der Waals surface area contributed by atoms with E-state index >= 15 is 0 Å². The average Bonchev–Trinajstić information content (AvgIpc) is 3.38. The number of aromatic nitrogens is 1. The zero-order valence-corrected chi connectivity index (χ0v) is 13.3. The van der Waals surface area contributed by atoms with Gasteiger partial charge in [-0.05, 0) is 35.6 Å². The highest BCUT2D eigenvalue weighted by Gasteiger charge is 2.29. The molecule has 0 radical (unpaired) electrons. The minimum Gasteiger partial charge on any atom is -0.252 e. The van der Waals surface area contributed by atoms with Crippen LogP contribution in [-0.4, -0.2) is 4.98 Å². The zero-order chi connectivity index (χ0) is 14.2. The lowest BCUT2D eigenvalue weighted by Crippen LogP contribution is -1.99. The van der Waals surface area contributed by atoms with Crippen LogP contribution in [0.3, 0.4) is 0 Å². The summed E-state index contributed by atoms with van der Waals surface area (Å²) in [5.41, 5.74) is 6.40. The maximum Gasteiger partial charge on any atom is 0.0711 e. The van der Waals surface area contributed by atoms with E-state index in [1.54, 1.807) is 0 Å². The van der Waals surface area contributed by atoms with Crippen molar-refractivity contribution in [3.05, 3.63) is 65.9 Å². The summed E-state index contributed by atoms with van der Waals surface area (Å²) in [5, 5.41) is 2.11. The quantitative estimate of drug-likeness (QED) is 0.560. The van der Waals surface area contributed by atoms with E-state index in [9.17, 15) is 0 Å². The molecular weight excluding hydrogens is 322 g/mol. The van der Waals surface area contributed by atoms with Crippen LogP contribution in [0.4, 0.5) is 0 Å². The van der Waals surface area contributed by atoms with Gasteiger partial charge in [0.25, 0.3) is 0 Å². The lowest BCUT2D eigenvalue weighted by Gasteiger charge is -2.16. The second-order valence-electron chi connectivity index (χ2n) is 5.64. The van der Waals surface area contributed by atoms with E-state index < -0.39 is 0 Å². The first-order valence-electron chi connectivity index (χ1n) is 7.41. The smallest absolute Gasteiger partial charge is 0.0711 e. The van der Waals surface area contributed by atoms with E-state index in [2.05, 4.69) is 70.5 Å². The van der Waals surface area contributed by atoms with Gasteiger partial charge in [0.05, 0.1) is 5.52 Å². The van der Waals surface area contributed by atoms with E-state index in [4.69, 9.17) is 4.98 Å². The molecule has 0 saturated heterocycles. The van der Waals surface area contributed by atoms with Crippen LogP contribution in [0.5, 0.6) is 0 Å². The number of fused-ring (bicyclic) bond motifs is 1. The number of hydrogen-bond donors (Lipinski definition) is 0. The van der Waals surface area contributed by atoms with Crippen LogP contribution in [0.25, 0.3) is 22.0 Å². The Morgan fingerprint density at radius 3 is 2.38 bits per heavy atom. The summed E-state index contributed by atoms with van der Waals surface area (Å²) in [7, 11) is 0. The van der Waals surface area contributed by atoms with Crippen molar-refractivity contribution in [1.29, 1.82) is 0 Å². The topological polar surface area (TPSA) is 12.9 Å². The van der Waals surface area contributed by atoms with Gasteiger partial charge in [-0.25, -0.2) is 0 Å². The molecule has 104 valence electrons. The van der Waals surface area contributed by atoms with Crippen molar-refractivity contribution < 1.29 is 0 Å². The monoisotopic (exact) mass is 337 g/mol. The van der Waals surface area contributed by atoms with Crippen molar-refractivity contribution >= 4 is 26.8 Å². The van der Waals surface area contributed by atoms with E-state index in [1.807, 2.05) is 0 Å². The summed E-state index contributed by atoms with van der Waals surface area (Å²) in [5.74, 6) is 0.657. The van der Waals surface area contributed by atoms with Gasteiger partial charge in [-0.15, -0.1) is 0 Å². The molecule has 1 aliphatic rings. The maximum atomic E-state index is 4.96. The van der Waals surface area contributed by atoms with Gasteiger partial charge in [-0.2, -0.15) is 0 Å². The third-order valence-corrected chi connectivity index (χ3v) is 4.75. The molecule has 0 aliphatic heterocycles. The zero-order valence-electron chi connectivity index (χ0n) is 11.7. The molecule has 1 fully saturated rings. The van der Waals surface area contributed by atoms with Gasteiger partial charge in [-0.3, -0.25) is 4.98 Å². The minimum absolute atomic E-state index is 0.657. The van der Waals surface area contributed by atoms with Crippen LogP contribution in [0, 0.1) is 0 Å². The molecule has 1 saturated carbocycles. The van der Waals surface area contributed by atoms with Crippen LogP contribution >= 0.6 is 15.9 Å². The molecule has 0 atom stereocenters. The van der Waals surface area contributed by atoms with E-state index in [-0.39, 0.29) is 0 Å². The minimum atomic E-state index is 0.657. The Labute approximate surface area is 133 Å². The number of benzene rings is 2. The number of alkyl halides is 1. The second-order valence-corrected chi connectivity index (χ2v) is 6.20. The summed E-state index contributed by atoms with van der Waals surface area (Å²) >= 11 is 3.70. The summed E-state index contributed by atoms with van der Waals surface area (Å²) in [4.78, 5) is 4.96. The molecule has 21 heavy (non-hydrogen) atoms. The SMILES string of the molecule is BrCc1c(C2CC2)nc2ccccc2c1-c1ccccc1. The van der Waals surface area contributed by atoms with Gasteiger partial charge in [-0.1, -0.05) is 64.5 Å². The fourth-order valence-electron chi connectivity index (χ4n) is 3.03. The summed E-state index contributed by atoms with van der Waals surface area (Å²) in [6.45, 7) is 0. The molecule has 4 rings (SSSR count). The molecular formula is C19H16BrN. The van der Waals surface area contributed by atoms with Crippen molar-refractivity contribution in [2.75, 3.05) is 0 Å². The molecule has 0 unspecified atom stereocenters. The Bertz CT molecular complexity index is 791. The van der Waals surface area contributed by atoms with E-state index in [0.29, 0.717) is 5.92 Å². The van der Waals surface area contributed by atoms with Crippen LogP contribution < -0.4 is 0 Å². The first-order valence-corrected chi connectivity index (χ1v) is 8.53. The largest absolute Gasteiger partial charge is 0.252 e. The molecule has 3 aromatic rings.